The van der Waals surface area contributed by atoms with Crippen LogP contribution in [-0.4, -0.2) is 27.3 Å². The first-order valence-corrected chi connectivity index (χ1v) is 7.29. The van der Waals surface area contributed by atoms with Crippen molar-refractivity contribution < 1.29 is 4.74 Å². The molecule has 3 rings (SSSR count). The zero-order valence-electron chi connectivity index (χ0n) is 12.0. The van der Waals surface area contributed by atoms with Crippen LogP contribution in [0.15, 0.2) is 29.8 Å². The van der Waals surface area contributed by atoms with Crippen molar-refractivity contribution in [2.24, 2.45) is 0 Å². The van der Waals surface area contributed by atoms with Gasteiger partial charge in [-0.3, -0.25) is 0 Å². The van der Waals surface area contributed by atoms with Gasteiger partial charge in [0, 0.05) is 13.7 Å². The molecule has 102 valence electrons. The Labute approximate surface area is 115 Å². The molecular formula is C17H23NO. The highest BCUT2D eigenvalue weighted by Gasteiger charge is 2.44. The van der Waals surface area contributed by atoms with Crippen LogP contribution in [0.1, 0.15) is 36.8 Å². The van der Waals surface area contributed by atoms with Crippen LogP contribution in [0.3, 0.4) is 0 Å². The molecule has 19 heavy (non-hydrogen) atoms. The van der Waals surface area contributed by atoms with E-state index in [0.29, 0.717) is 0 Å². The van der Waals surface area contributed by atoms with E-state index in [1.807, 2.05) is 14.2 Å². The first-order valence-electron chi connectivity index (χ1n) is 7.29. The summed E-state index contributed by atoms with van der Waals surface area (Å²) < 4.78 is 5.61. The molecule has 0 aliphatic heterocycles. The van der Waals surface area contributed by atoms with Crippen molar-refractivity contribution in [2.45, 2.75) is 31.1 Å². The molecule has 1 unspecified atom stereocenters. The summed E-state index contributed by atoms with van der Waals surface area (Å²) in [5.41, 5.74) is 6.25. The van der Waals surface area contributed by atoms with Crippen LogP contribution in [0.5, 0.6) is 0 Å². The maximum absolute atomic E-state index is 5.61. The lowest BCUT2D eigenvalue weighted by molar-refractivity contribution is 0.145. The number of allylic oxidation sites excluding steroid dienone is 1. The molecule has 2 heteroatoms. The van der Waals surface area contributed by atoms with Gasteiger partial charge in [0.1, 0.15) is 0 Å². The van der Waals surface area contributed by atoms with Gasteiger partial charge in [-0.05, 0) is 49.4 Å². The number of rotatable bonds is 4. The Hall–Kier alpha value is -1.12. The van der Waals surface area contributed by atoms with Crippen molar-refractivity contribution >= 4 is 5.57 Å². The number of hydrogen-bond acceptors (Lipinski definition) is 2. The molecule has 1 N–H and O–H groups in total. The summed E-state index contributed by atoms with van der Waals surface area (Å²) in [7, 11) is 3.86. The number of methoxy groups -OCH3 is 1. The largest absolute Gasteiger partial charge is 0.383 e. The third-order valence-electron chi connectivity index (χ3n) is 4.68. The number of fused-ring (bicyclic) bond motifs is 2. The number of hydrogen-bond donors (Lipinski definition) is 1. The van der Waals surface area contributed by atoms with Gasteiger partial charge >= 0.3 is 0 Å². The monoisotopic (exact) mass is 257 g/mol. The molecular weight excluding hydrogens is 234 g/mol. The molecule has 0 fully saturated rings. The summed E-state index contributed by atoms with van der Waals surface area (Å²) >= 11 is 0. The fraction of sp³-hybridized carbons (Fsp3) is 0.529. The van der Waals surface area contributed by atoms with E-state index < -0.39 is 0 Å². The number of nitrogens with one attached hydrogen (secondary N) is 1. The first-order chi connectivity index (χ1) is 9.33. The Morgan fingerprint density at radius 1 is 1.21 bits per heavy atom. The van der Waals surface area contributed by atoms with Gasteiger partial charge < -0.3 is 10.1 Å². The second kappa shape index (κ2) is 5.10. The lowest BCUT2D eigenvalue weighted by Crippen LogP contribution is -2.41. The van der Waals surface area contributed by atoms with Gasteiger partial charge in [-0.25, -0.2) is 0 Å². The molecule has 1 aromatic carbocycles. The van der Waals surface area contributed by atoms with Crippen LogP contribution >= 0.6 is 0 Å². The SMILES string of the molecule is CNCC1(COC)C2=C(CCCC2)c2ccccc21. The average molecular weight is 257 g/mol. The number of benzene rings is 1. The van der Waals surface area contributed by atoms with E-state index in [1.165, 1.54) is 36.8 Å². The highest BCUT2D eigenvalue weighted by atomic mass is 16.5. The molecule has 0 aromatic heterocycles. The number of ether oxygens (including phenoxy) is 1. The minimum Gasteiger partial charge on any atom is -0.383 e. The van der Waals surface area contributed by atoms with Crippen molar-refractivity contribution in [2.75, 3.05) is 27.3 Å². The van der Waals surface area contributed by atoms with Gasteiger partial charge in [-0.2, -0.15) is 0 Å². The Bertz CT molecular complexity index is 498. The Balaban J connectivity index is 2.18. The maximum atomic E-state index is 5.61. The summed E-state index contributed by atoms with van der Waals surface area (Å²) in [6.07, 6.45) is 5.12. The topological polar surface area (TPSA) is 21.3 Å². The third-order valence-corrected chi connectivity index (χ3v) is 4.68. The van der Waals surface area contributed by atoms with E-state index in [0.717, 1.165) is 13.2 Å². The predicted molar refractivity (Wildman–Crippen MR) is 79.3 cm³/mol. The molecule has 0 saturated carbocycles. The van der Waals surface area contributed by atoms with E-state index >= 15 is 0 Å². The van der Waals surface area contributed by atoms with E-state index in [-0.39, 0.29) is 5.41 Å². The highest BCUT2D eigenvalue weighted by molar-refractivity contribution is 5.81. The van der Waals surface area contributed by atoms with Crippen molar-refractivity contribution in [1.29, 1.82) is 0 Å². The quantitative estimate of drug-likeness (QED) is 0.894. The smallest absolute Gasteiger partial charge is 0.0609 e. The Kier molecular flexibility index (Phi) is 3.46. The van der Waals surface area contributed by atoms with Crippen LogP contribution in [0, 0.1) is 0 Å². The number of likely N-dealkylation sites (N-methyl/N-ethyl adjacent to an activating group) is 1. The predicted octanol–water partition coefficient (Wildman–Crippen LogP) is 3.13. The van der Waals surface area contributed by atoms with Crippen molar-refractivity contribution in [3.05, 3.63) is 41.0 Å². The first kappa shape index (κ1) is 12.9. The molecule has 2 aliphatic carbocycles. The van der Waals surface area contributed by atoms with Crippen molar-refractivity contribution in [3.63, 3.8) is 0 Å². The summed E-state index contributed by atoms with van der Waals surface area (Å²) in [6, 6.07) is 8.92. The van der Waals surface area contributed by atoms with Gasteiger partial charge in [-0.15, -0.1) is 0 Å². The fourth-order valence-corrected chi connectivity index (χ4v) is 4.02. The van der Waals surface area contributed by atoms with Gasteiger partial charge in [0.2, 0.25) is 0 Å². The average Bonchev–Trinajstić information content (AvgIpc) is 2.72. The van der Waals surface area contributed by atoms with Crippen LogP contribution < -0.4 is 5.32 Å². The minimum atomic E-state index is 0.0653. The third kappa shape index (κ3) is 1.86. The standard InChI is InChI=1S/C17H23NO/c1-18-11-17(12-19-2)15-9-5-3-7-13(15)14-8-4-6-10-16(14)17/h3,5,7,9,18H,4,6,8,10-12H2,1-2H3. The van der Waals surface area contributed by atoms with E-state index in [2.05, 4.69) is 29.6 Å². The Morgan fingerprint density at radius 3 is 2.79 bits per heavy atom. The zero-order valence-corrected chi connectivity index (χ0v) is 12.0. The molecule has 0 spiro atoms. The van der Waals surface area contributed by atoms with Crippen LogP contribution in [0.4, 0.5) is 0 Å². The summed E-state index contributed by atoms with van der Waals surface area (Å²) in [4.78, 5) is 0. The summed E-state index contributed by atoms with van der Waals surface area (Å²) in [6.45, 7) is 1.75. The second-order valence-corrected chi connectivity index (χ2v) is 5.76. The molecule has 2 aliphatic rings. The molecule has 0 bridgehead atoms. The van der Waals surface area contributed by atoms with Crippen molar-refractivity contribution in [3.8, 4) is 0 Å². The minimum absolute atomic E-state index is 0.0653. The van der Waals surface area contributed by atoms with Crippen molar-refractivity contribution in [1.82, 2.24) is 5.32 Å². The zero-order chi connectivity index (χ0) is 13.3. The van der Waals surface area contributed by atoms with E-state index in [4.69, 9.17) is 4.74 Å². The molecule has 2 nitrogen and oxygen atoms in total. The van der Waals surface area contributed by atoms with Gasteiger partial charge in [0.15, 0.2) is 0 Å². The highest BCUT2D eigenvalue weighted by Crippen LogP contribution is 2.51. The van der Waals surface area contributed by atoms with Gasteiger partial charge in [-0.1, -0.05) is 29.8 Å². The normalized spacial score (nSPS) is 25.4. The van der Waals surface area contributed by atoms with Gasteiger partial charge in [0.25, 0.3) is 0 Å². The molecule has 0 amide bonds. The molecule has 0 radical (unpaired) electrons. The van der Waals surface area contributed by atoms with E-state index in [9.17, 15) is 0 Å². The molecule has 1 aromatic rings. The summed E-state index contributed by atoms with van der Waals surface area (Å²) in [5, 5.41) is 3.40. The lowest BCUT2D eigenvalue weighted by atomic mass is 9.74. The van der Waals surface area contributed by atoms with Crippen LogP contribution in [-0.2, 0) is 10.2 Å². The summed E-state index contributed by atoms with van der Waals surface area (Å²) in [5.74, 6) is 0. The van der Waals surface area contributed by atoms with Crippen LogP contribution in [0.25, 0.3) is 5.57 Å². The maximum Gasteiger partial charge on any atom is 0.0609 e. The molecule has 0 heterocycles. The second-order valence-electron chi connectivity index (χ2n) is 5.76. The van der Waals surface area contributed by atoms with Gasteiger partial charge in [0.05, 0.1) is 12.0 Å². The Morgan fingerprint density at radius 2 is 2.00 bits per heavy atom. The van der Waals surface area contributed by atoms with E-state index in [1.54, 1.807) is 11.1 Å². The molecule has 0 saturated heterocycles. The lowest BCUT2D eigenvalue weighted by Gasteiger charge is -2.34. The fourth-order valence-electron chi connectivity index (χ4n) is 4.02. The van der Waals surface area contributed by atoms with Crippen LogP contribution in [0.2, 0.25) is 0 Å². The molecule has 1 atom stereocenters.